The lowest BCUT2D eigenvalue weighted by Gasteiger charge is -2.29. The number of furan rings is 1. The zero-order chi connectivity index (χ0) is 10.7. The lowest BCUT2D eigenvalue weighted by molar-refractivity contribution is -0.124. The van der Waals surface area contributed by atoms with Crippen molar-refractivity contribution in [3.63, 3.8) is 0 Å². The normalized spacial score (nSPS) is 26.3. The second-order valence-electron chi connectivity index (χ2n) is 3.43. The Hall–Kier alpha value is -1.37. The van der Waals surface area contributed by atoms with Gasteiger partial charge in [-0.15, -0.1) is 0 Å². The molecule has 82 valence electrons. The van der Waals surface area contributed by atoms with Gasteiger partial charge in [0, 0.05) is 0 Å². The van der Waals surface area contributed by atoms with Crippen LogP contribution in [0.4, 0.5) is 0 Å². The molecule has 0 radical (unpaired) electrons. The molecule has 0 aliphatic carbocycles. The standard InChI is InChI=1S/C9H14N4O2/c10-9-12-7(4-8(14)13-9)11-5-6-2-1-3-15-6/h1-3,7,9,11-12H,4-5,10H2,(H,13,14). The largest absolute Gasteiger partial charge is 0.468 e. The third-order valence-corrected chi connectivity index (χ3v) is 2.19. The van der Waals surface area contributed by atoms with Crippen LogP contribution in [0.15, 0.2) is 22.8 Å². The Kier molecular flexibility index (Phi) is 3.00. The fourth-order valence-electron chi connectivity index (χ4n) is 1.50. The summed E-state index contributed by atoms with van der Waals surface area (Å²) in [5.41, 5.74) is 5.56. The van der Waals surface area contributed by atoms with Crippen LogP contribution in [-0.2, 0) is 11.3 Å². The molecule has 1 saturated heterocycles. The topological polar surface area (TPSA) is 92.3 Å². The molecule has 1 aromatic heterocycles. The number of nitrogens with two attached hydrogens (primary N) is 1. The molecule has 0 spiro atoms. The molecular weight excluding hydrogens is 196 g/mol. The fourth-order valence-corrected chi connectivity index (χ4v) is 1.50. The predicted octanol–water partition coefficient (Wildman–Crippen LogP) is -0.953. The Bertz CT molecular complexity index is 325. The third kappa shape index (κ3) is 2.79. The summed E-state index contributed by atoms with van der Waals surface area (Å²) < 4.78 is 5.16. The van der Waals surface area contributed by atoms with Crippen molar-refractivity contribution in [2.24, 2.45) is 5.73 Å². The van der Waals surface area contributed by atoms with Crippen molar-refractivity contribution < 1.29 is 9.21 Å². The maximum atomic E-state index is 11.2. The first-order valence-electron chi connectivity index (χ1n) is 4.81. The minimum Gasteiger partial charge on any atom is -0.468 e. The smallest absolute Gasteiger partial charge is 0.225 e. The Morgan fingerprint density at radius 3 is 3.20 bits per heavy atom. The van der Waals surface area contributed by atoms with Crippen molar-refractivity contribution in [1.29, 1.82) is 0 Å². The summed E-state index contributed by atoms with van der Waals surface area (Å²) in [5.74, 6) is 0.773. The molecule has 5 N–H and O–H groups in total. The molecule has 2 atom stereocenters. The van der Waals surface area contributed by atoms with E-state index in [1.54, 1.807) is 6.26 Å². The molecule has 2 rings (SSSR count). The second-order valence-corrected chi connectivity index (χ2v) is 3.43. The van der Waals surface area contributed by atoms with Crippen molar-refractivity contribution in [3.8, 4) is 0 Å². The minimum atomic E-state index is -0.486. The maximum absolute atomic E-state index is 11.2. The molecule has 0 bridgehead atoms. The van der Waals surface area contributed by atoms with Crippen LogP contribution in [0.25, 0.3) is 0 Å². The van der Waals surface area contributed by atoms with E-state index in [2.05, 4.69) is 16.0 Å². The highest BCUT2D eigenvalue weighted by Crippen LogP contribution is 2.01. The van der Waals surface area contributed by atoms with E-state index in [0.717, 1.165) is 5.76 Å². The van der Waals surface area contributed by atoms with Crippen LogP contribution in [0, 0.1) is 0 Å². The zero-order valence-corrected chi connectivity index (χ0v) is 8.19. The molecule has 15 heavy (non-hydrogen) atoms. The number of carbonyl (C=O) groups is 1. The van der Waals surface area contributed by atoms with Crippen LogP contribution in [0.1, 0.15) is 12.2 Å². The second kappa shape index (κ2) is 4.43. The van der Waals surface area contributed by atoms with Crippen molar-refractivity contribution in [2.75, 3.05) is 0 Å². The molecule has 1 amide bonds. The van der Waals surface area contributed by atoms with Crippen LogP contribution in [-0.4, -0.2) is 18.4 Å². The molecule has 1 fully saturated rings. The number of hydrogen-bond donors (Lipinski definition) is 4. The van der Waals surface area contributed by atoms with Gasteiger partial charge in [-0.2, -0.15) is 0 Å². The summed E-state index contributed by atoms with van der Waals surface area (Å²) in [6.07, 6.45) is 1.39. The van der Waals surface area contributed by atoms with Crippen molar-refractivity contribution in [2.45, 2.75) is 25.4 Å². The van der Waals surface area contributed by atoms with Crippen molar-refractivity contribution >= 4 is 5.91 Å². The molecule has 1 aromatic rings. The molecule has 1 aliphatic heterocycles. The van der Waals surface area contributed by atoms with Gasteiger partial charge in [0.15, 0.2) is 0 Å². The van der Waals surface area contributed by atoms with Gasteiger partial charge in [0.2, 0.25) is 5.91 Å². The monoisotopic (exact) mass is 210 g/mol. The van der Waals surface area contributed by atoms with Gasteiger partial charge in [-0.25, -0.2) is 0 Å². The average molecular weight is 210 g/mol. The lowest BCUT2D eigenvalue weighted by atomic mass is 10.2. The Balaban J connectivity index is 1.81. The molecule has 0 aromatic carbocycles. The van der Waals surface area contributed by atoms with Gasteiger partial charge in [0.25, 0.3) is 0 Å². The molecule has 6 nitrogen and oxygen atoms in total. The zero-order valence-electron chi connectivity index (χ0n) is 8.19. The molecule has 6 heteroatoms. The van der Waals surface area contributed by atoms with E-state index in [1.807, 2.05) is 12.1 Å². The van der Waals surface area contributed by atoms with Gasteiger partial charge in [-0.05, 0) is 12.1 Å². The van der Waals surface area contributed by atoms with Gasteiger partial charge in [0.05, 0.1) is 25.4 Å². The van der Waals surface area contributed by atoms with E-state index in [0.29, 0.717) is 13.0 Å². The van der Waals surface area contributed by atoms with Crippen LogP contribution < -0.4 is 21.7 Å². The summed E-state index contributed by atoms with van der Waals surface area (Å²) in [4.78, 5) is 11.2. The number of rotatable bonds is 3. The number of carbonyl (C=O) groups excluding carboxylic acids is 1. The van der Waals surface area contributed by atoms with Gasteiger partial charge < -0.3 is 9.73 Å². The number of hydrogen-bond acceptors (Lipinski definition) is 5. The molecule has 2 heterocycles. The van der Waals surface area contributed by atoms with Crippen LogP contribution >= 0.6 is 0 Å². The van der Waals surface area contributed by atoms with E-state index in [9.17, 15) is 4.79 Å². The molecule has 1 aliphatic rings. The summed E-state index contributed by atoms with van der Waals surface area (Å²) in [6, 6.07) is 3.69. The van der Waals surface area contributed by atoms with Crippen LogP contribution in [0.2, 0.25) is 0 Å². The highest BCUT2D eigenvalue weighted by atomic mass is 16.3. The molecule has 0 saturated carbocycles. The average Bonchev–Trinajstić information content (AvgIpc) is 2.65. The first-order valence-corrected chi connectivity index (χ1v) is 4.81. The number of nitrogens with one attached hydrogen (secondary N) is 3. The van der Waals surface area contributed by atoms with E-state index < -0.39 is 6.29 Å². The summed E-state index contributed by atoms with van der Waals surface area (Å²) in [7, 11) is 0. The SMILES string of the molecule is NC1NC(=O)CC(NCc2ccco2)N1. The first-order chi connectivity index (χ1) is 7.24. The van der Waals surface area contributed by atoms with Crippen molar-refractivity contribution in [1.82, 2.24) is 16.0 Å². The minimum absolute atomic E-state index is 0.0572. The summed E-state index contributed by atoms with van der Waals surface area (Å²) in [6.45, 7) is 0.574. The van der Waals surface area contributed by atoms with Gasteiger partial charge in [-0.1, -0.05) is 0 Å². The Labute approximate surface area is 87.2 Å². The molecular formula is C9H14N4O2. The fraction of sp³-hybridized carbons (Fsp3) is 0.444. The maximum Gasteiger partial charge on any atom is 0.225 e. The lowest BCUT2D eigenvalue weighted by Crippen LogP contribution is -2.64. The summed E-state index contributed by atoms with van der Waals surface area (Å²) >= 11 is 0. The van der Waals surface area contributed by atoms with E-state index in [1.165, 1.54) is 0 Å². The third-order valence-electron chi connectivity index (χ3n) is 2.19. The van der Waals surface area contributed by atoms with Gasteiger partial charge in [0.1, 0.15) is 12.0 Å². The van der Waals surface area contributed by atoms with Crippen molar-refractivity contribution in [3.05, 3.63) is 24.2 Å². The molecule has 2 unspecified atom stereocenters. The Morgan fingerprint density at radius 2 is 2.53 bits per heavy atom. The van der Waals surface area contributed by atoms with Gasteiger partial charge in [-0.3, -0.25) is 21.2 Å². The summed E-state index contributed by atoms with van der Waals surface area (Å²) in [5, 5.41) is 8.71. The number of amides is 1. The van der Waals surface area contributed by atoms with E-state index in [4.69, 9.17) is 10.2 Å². The van der Waals surface area contributed by atoms with E-state index >= 15 is 0 Å². The Morgan fingerprint density at radius 1 is 1.67 bits per heavy atom. The van der Waals surface area contributed by atoms with Gasteiger partial charge >= 0.3 is 0 Å². The first kappa shape index (κ1) is 10.2. The van der Waals surface area contributed by atoms with E-state index in [-0.39, 0.29) is 12.1 Å². The quantitative estimate of drug-likeness (QED) is 0.516. The van der Waals surface area contributed by atoms with Crippen LogP contribution in [0.5, 0.6) is 0 Å². The highest BCUT2D eigenvalue weighted by molar-refractivity contribution is 5.77. The highest BCUT2D eigenvalue weighted by Gasteiger charge is 2.22. The van der Waals surface area contributed by atoms with Crippen LogP contribution in [0.3, 0.4) is 0 Å². The predicted molar refractivity (Wildman–Crippen MR) is 53.2 cm³/mol.